The van der Waals surface area contributed by atoms with Crippen LogP contribution in [0.1, 0.15) is 39.0 Å². The van der Waals surface area contributed by atoms with Crippen LogP contribution in [-0.2, 0) is 22.5 Å². The van der Waals surface area contributed by atoms with E-state index >= 15 is 0 Å². The lowest BCUT2D eigenvalue weighted by molar-refractivity contribution is -0.124. The molecule has 0 aliphatic rings. The quantitative estimate of drug-likeness (QED) is 0.750. The highest BCUT2D eigenvalue weighted by molar-refractivity contribution is 7.14. The molecule has 1 aromatic heterocycles. The van der Waals surface area contributed by atoms with Crippen molar-refractivity contribution in [3.63, 3.8) is 0 Å². The van der Waals surface area contributed by atoms with Gasteiger partial charge in [-0.15, -0.1) is 11.3 Å². The number of carbonyl (C=O) groups is 2. The number of esters is 1. The molecule has 4 nitrogen and oxygen atoms in total. The Kier molecular flexibility index (Phi) is 6.82. The molecular weight excluding hydrogens is 346 g/mol. The minimum atomic E-state index is -0.460. The molecule has 0 atom stereocenters. The monoisotopic (exact) mass is 365 g/mol. The fourth-order valence-electron chi connectivity index (χ4n) is 2.23. The topological polar surface area (TPSA) is 55.4 Å². The summed E-state index contributed by atoms with van der Waals surface area (Å²) in [6, 6.07) is 9.12. The van der Waals surface area contributed by atoms with Crippen LogP contribution < -0.4 is 5.32 Å². The van der Waals surface area contributed by atoms with E-state index in [1.807, 2.05) is 31.2 Å². The molecule has 0 aliphatic carbocycles. The number of benzene rings is 1. The van der Waals surface area contributed by atoms with Gasteiger partial charge in [0, 0.05) is 16.4 Å². The lowest BCUT2D eigenvalue weighted by Crippen LogP contribution is -2.28. The first-order valence-electron chi connectivity index (χ1n) is 7.77. The zero-order valence-corrected chi connectivity index (χ0v) is 15.3. The Hall–Kier alpha value is -1.85. The minimum absolute atomic E-state index is 0.300. The van der Waals surface area contributed by atoms with Gasteiger partial charge < -0.3 is 10.1 Å². The van der Waals surface area contributed by atoms with Crippen LogP contribution >= 0.6 is 22.9 Å². The van der Waals surface area contributed by atoms with Gasteiger partial charge in [-0.05, 0) is 36.6 Å². The van der Waals surface area contributed by atoms with Gasteiger partial charge in [0.1, 0.15) is 4.88 Å². The normalized spacial score (nSPS) is 10.5. The molecule has 1 N–H and O–H groups in total. The number of aryl methyl sites for hydroxylation is 2. The van der Waals surface area contributed by atoms with E-state index in [0.717, 1.165) is 28.8 Å². The van der Waals surface area contributed by atoms with Gasteiger partial charge in [0.2, 0.25) is 0 Å². The van der Waals surface area contributed by atoms with Crippen molar-refractivity contribution in [2.45, 2.75) is 33.2 Å². The molecule has 1 aromatic carbocycles. The van der Waals surface area contributed by atoms with Gasteiger partial charge in [0.25, 0.3) is 5.91 Å². The maximum absolute atomic E-state index is 12.0. The molecular formula is C18H20ClNO3S. The Morgan fingerprint density at radius 2 is 2.00 bits per heavy atom. The molecule has 24 heavy (non-hydrogen) atoms. The summed E-state index contributed by atoms with van der Waals surface area (Å²) < 4.78 is 5.08. The molecule has 0 unspecified atom stereocenters. The third-order valence-electron chi connectivity index (χ3n) is 3.51. The number of amides is 1. The maximum atomic E-state index is 12.0. The zero-order valence-electron chi connectivity index (χ0n) is 13.7. The lowest BCUT2D eigenvalue weighted by Gasteiger charge is -2.07. The van der Waals surface area contributed by atoms with Gasteiger partial charge in [-0.25, -0.2) is 4.79 Å². The molecule has 0 spiro atoms. The van der Waals surface area contributed by atoms with E-state index in [9.17, 15) is 9.59 Å². The second kappa shape index (κ2) is 8.85. The van der Waals surface area contributed by atoms with Crippen molar-refractivity contribution < 1.29 is 14.3 Å². The van der Waals surface area contributed by atoms with Crippen molar-refractivity contribution in [1.82, 2.24) is 5.32 Å². The van der Waals surface area contributed by atoms with Crippen molar-refractivity contribution in [2.75, 3.05) is 6.61 Å². The summed E-state index contributed by atoms with van der Waals surface area (Å²) >= 11 is 7.43. The van der Waals surface area contributed by atoms with Crippen molar-refractivity contribution >= 4 is 34.8 Å². The van der Waals surface area contributed by atoms with Crippen LogP contribution in [0.5, 0.6) is 0 Å². The minimum Gasteiger partial charge on any atom is -0.451 e. The van der Waals surface area contributed by atoms with Crippen LogP contribution in [0.25, 0.3) is 0 Å². The molecule has 2 aromatic rings. The van der Waals surface area contributed by atoms with Crippen molar-refractivity contribution in [1.29, 1.82) is 0 Å². The van der Waals surface area contributed by atoms with E-state index in [2.05, 4.69) is 12.2 Å². The number of halogens is 1. The van der Waals surface area contributed by atoms with Crippen molar-refractivity contribution in [3.8, 4) is 0 Å². The number of nitrogens with one attached hydrogen (secondary N) is 1. The van der Waals surface area contributed by atoms with Gasteiger partial charge in [-0.1, -0.05) is 43.1 Å². The largest absolute Gasteiger partial charge is 0.451 e. The van der Waals surface area contributed by atoms with Crippen LogP contribution in [0.4, 0.5) is 0 Å². The molecule has 0 aliphatic heterocycles. The Balaban J connectivity index is 1.82. The zero-order chi connectivity index (χ0) is 17.5. The molecule has 0 saturated heterocycles. The van der Waals surface area contributed by atoms with Crippen molar-refractivity contribution in [3.05, 3.63) is 56.2 Å². The third kappa shape index (κ3) is 5.08. The smallest absolute Gasteiger partial charge is 0.348 e. The summed E-state index contributed by atoms with van der Waals surface area (Å²) in [6.45, 7) is 4.08. The highest BCUT2D eigenvalue weighted by atomic mass is 35.5. The standard InChI is InChI=1S/C18H20ClNO3S/c1-3-6-13-9-16(24-12(13)2)18(22)23-11-17(21)20-10-14-7-4-5-8-15(14)19/h4-5,7-9H,3,6,10-11H2,1-2H3,(H,20,21). The van der Waals surface area contributed by atoms with Gasteiger partial charge in [-0.3, -0.25) is 4.79 Å². The molecule has 6 heteroatoms. The highest BCUT2D eigenvalue weighted by Crippen LogP contribution is 2.23. The van der Waals surface area contributed by atoms with E-state index in [0.29, 0.717) is 16.4 Å². The van der Waals surface area contributed by atoms with E-state index in [4.69, 9.17) is 16.3 Å². The highest BCUT2D eigenvalue weighted by Gasteiger charge is 2.15. The number of carbonyl (C=O) groups excluding carboxylic acids is 2. The van der Waals surface area contributed by atoms with Gasteiger partial charge in [0.15, 0.2) is 6.61 Å². The summed E-state index contributed by atoms with van der Waals surface area (Å²) in [4.78, 5) is 25.5. The summed E-state index contributed by atoms with van der Waals surface area (Å²) in [7, 11) is 0. The van der Waals surface area contributed by atoms with Crippen LogP contribution in [0, 0.1) is 6.92 Å². The first-order chi connectivity index (χ1) is 11.5. The maximum Gasteiger partial charge on any atom is 0.348 e. The molecule has 2 rings (SSSR count). The predicted octanol–water partition coefficient (Wildman–Crippen LogP) is 4.14. The van der Waals surface area contributed by atoms with Gasteiger partial charge >= 0.3 is 5.97 Å². The van der Waals surface area contributed by atoms with E-state index in [1.165, 1.54) is 11.3 Å². The number of rotatable bonds is 7. The summed E-state index contributed by atoms with van der Waals surface area (Å²) in [5.74, 6) is -0.816. The third-order valence-corrected chi connectivity index (χ3v) is 4.95. The molecule has 1 amide bonds. The van der Waals surface area contributed by atoms with E-state index < -0.39 is 5.97 Å². The SMILES string of the molecule is CCCc1cc(C(=O)OCC(=O)NCc2ccccc2Cl)sc1C. The van der Waals surface area contributed by atoms with Gasteiger partial charge in [-0.2, -0.15) is 0 Å². The number of thiophene rings is 1. The summed E-state index contributed by atoms with van der Waals surface area (Å²) in [5, 5.41) is 3.28. The van der Waals surface area contributed by atoms with Crippen LogP contribution in [0.15, 0.2) is 30.3 Å². The first-order valence-corrected chi connectivity index (χ1v) is 8.97. The Labute approximate surface area is 150 Å². The first kappa shape index (κ1) is 18.5. The van der Waals surface area contributed by atoms with E-state index in [-0.39, 0.29) is 12.5 Å². The average molecular weight is 366 g/mol. The number of hydrogen-bond acceptors (Lipinski definition) is 4. The molecule has 1 heterocycles. The lowest BCUT2D eigenvalue weighted by atomic mass is 10.1. The Morgan fingerprint density at radius 3 is 2.71 bits per heavy atom. The second-order valence-electron chi connectivity index (χ2n) is 5.39. The molecule has 0 fully saturated rings. The number of hydrogen-bond donors (Lipinski definition) is 1. The number of ether oxygens (including phenoxy) is 1. The Morgan fingerprint density at radius 1 is 1.25 bits per heavy atom. The molecule has 0 radical (unpaired) electrons. The fourth-order valence-corrected chi connectivity index (χ4v) is 3.39. The molecule has 128 valence electrons. The second-order valence-corrected chi connectivity index (χ2v) is 7.05. The molecule has 0 bridgehead atoms. The fraction of sp³-hybridized carbons (Fsp3) is 0.333. The van der Waals surface area contributed by atoms with Crippen LogP contribution in [0.2, 0.25) is 5.02 Å². The average Bonchev–Trinajstić information content (AvgIpc) is 2.93. The predicted molar refractivity (Wildman–Crippen MR) is 96.6 cm³/mol. The van der Waals surface area contributed by atoms with Crippen LogP contribution in [-0.4, -0.2) is 18.5 Å². The summed E-state index contributed by atoms with van der Waals surface area (Å²) in [5.41, 5.74) is 1.98. The Bertz CT molecular complexity index is 727. The summed E-state index contributed by atoms with van der Waals surface area (Å²) in [6.07, 6.45) is 1.96. The van der Waals surface area contributed by atoms with Crippen molar-refractivity contribution in [2.24, 2.45) is 0 Å². The van der Waals surface area contributed by atoms with Gasteiger partial charge in [0.05, 0.1) is 0 Å². The van der Waals surface area contributed by atoms with E-state index in [1.54, 1.807) is 6.07 Å². The molecule has 0 saturated carbocycles. The van der Waals surface area contributed by atoms with Crippen LogP contribution in [0.3, 0.4) is 0 Å².